The molecule has 1 aromatic rings. The number of likely N-dealkylation sites (tertiary alicyclic amines) is 1. The topological polar surface area (TPSA) is 95.6 Å². The fourth-order valence-electron chi connectivity index (χ4n) is 2.66. The van der Waals surface area contributed by atoms with Crippen molar-refractivity contribution in [3.63, 3.8) is 0 Å². The zero-order valence-corrected chi connectivity index (χ0v) is 14.5. The van der Waals surface area contributed by atoms with Crippen LogP contribution < -0.4 is 10.0 Å². The largest absolute Gasteiger partial charge is 0.355 e. The van der Waals surface area contributed by atoms with Crippen LogP contribution in [0.1, 0.15) is 23.2 Å². The molecule has 0 aliphatic carbocycles. The third kappa shape index (κ3) is 5.04. The smallest absolute Gasteiger partial charge is 0.253 e. The summed E-state index contributed by atoms with van der Waals surface area (Å²) in [5.41, 5.74) is 0.651. The lowest BCUT2D eigenvalue weighted by Gasteiger charge is -2.31. The second kappa shape index (κ2) is 8.25. The molecule has 0 unspecified atom stereocenters. The molecule has 1 saturated heterocycles. The van der Waals surface area contributed by atoms with Crippen LogP contribution in [0.4, 0.5) is 0 Å². The molecule has 1 aliphatic rings. The summed E-state index contributed by atoms with van der Waals surface area (Å²) in [6.07, 6.45) is 1.17. The normalized spacial score (nSPS) is 16.0. The van der Waals surface area contributed by atoms with Crippen LogP contribution in [0.15, 0.2) is 30.3 Å². The molecule has 1 aromatic carbocycles. The summed E-state index contributed by atoms with van der Waals surface area (Å²) in [7, 11) is -1.97. The molecule has 0 atom stereocenters. The average molecular weight is 353 g/mol. The summed E-state index contributed by atoms with van der Waals surface area (Å²) in [5, 5.41) is 2.66. The van der Waals surface area contributed by atoms with Gasteiger partial charge in [-0.15, -0.1) is 0 Å². The average Bonchev–Trinajstić information content (AvgIpc) is 2.61. The van der Waals surface area contributed by atoms with Gasteiger partial charge in [-0.3, -0.25) is 9.59 Å². The van der Waals surface area contributed by atoms with E-state index in [1.807, 2.05) is 18.2 Å². The minimum Gasteiger partial charge on any atom is -0.355 e. The van der Waals surface area contributed by atoms with Gasteiger partial charge in [-0.05, 0) is 32.0 Å². The maximum absolute atomic E-state index is 12.3. The Morgan fingerprint density at radius 2 is 1.79 bits per heavy atom. The molecule has 0 radical (unpaired) electrons. The molecular weight excluding hydrogens is 330 g/mol. The van der Waals surface area contributed by atoms with E-state index in [-0.39, 0.29) is 30.0 Å². The van der Waals surface area contributed by atoms with Crippen molar-refractivity contribution in [1.82, 2.24) is 14.9 Å². The lowest BCUT2D eigenvalue weighted by atomic mass is 9.95. The molecular formula is C16H23N3O4S. The van der Waals surface area contributed by atoms with Crippen LogP contribution >= 0.6 is 0 Å². The van der Waals surface area contributed by atoms with E-state index in [1.54, 1.807) is 17.0 Å². The quantitative estimate of drug-likeness (QED) is 0.764. The van der Waals surface area contributed by atoms with Crippen molar-refractivity contribution in [1.29, 1.82) is 0 Å². The predicted molar refractivity (Wildman–Crippen MR) is 90.9 cm³/mol. The van der Waals surface area contributed by atoms with E-state index in [0.717, 1.165) is 0 Å². The highest BCUT2D eigenvalue weighted by atomic mass is 32.2. The van der Waals surface area contributed by atoms with E-state index in [4.69, 9.17) is 0 Å². The van der Waals surface area contributed by atoms with Crippen LogP contribution in [0.3, 0.4) is 0 Å². The first-order chi connectivity index (χ1) is 11.4. The van der Waals surface area contributed by atoms with Crippen molar-refractivity contribution in [2.75, 3.05) is 32.4 Å². The highest BCUT2D eigenvalue weighted by Crippen LogP contribution is 2.19. The Hall–Kier alpha value is -1.93. The number of rotatable bonds is 6. The number of hydrogen-bond acceptors (Lipinski definition) is 4. The van der Waals surface area contributed by atoms with Crippen molar-refractivity contribution in [3.05, 3.63) is 35.9 Å². The second-order valence-electron chi connectivity index (χ2n) is 5.75. The Bertz CT molecular complexity index is 668. The van der Waals surface area contributed by atoms with E-state index in [1.165, 1.54) is 7.05 Å². The van der Waals surface area contributed by atoms with Crippen LogP contribution in [0.5, 0.6) is 0 Å². The van der Waals surface area contributed by atoms with Crippen molar-refractivity contribution >= 4 is 21.8 Å². The highest BCUT2D eigenvalue weighted by Gasteiger charge is 2.27. The lowest BCUT2D eigenvalue weighted by molar-refractivity contribution is -0.126. The molecule has 2 N–H and O–H groups in total. The van der Waals surface area contributed by atoms with Gasteiger partial charge in [0.05, 0.1) is 5.75 Å². The second-order valence-corrected chi connectivity index (χ2v) is 7.79. The zero-order chi connectivity index (χ0) is 17.6. The van der Waals surface area contributed by atoms with Crippen molar-refractivity contribution in [3.8, 4) is 0 Å². The third-order valence-corrected chi connectivity index (χ3v) is 5.52. The molecule has 1 fully saturated rings. The third-order valence-electron chi connectivity index (χ3n) is 4.15. The number of nitrogens with zero attached hydrogens (tertiary/aromatic N) is 1. The summed E-state index contributed by atoms with van der Waals surface area (Å²) in [4.78, 5) is 26.2. The summed E-state index contributed by atoms with van der Waals surface area (Å²) in [5.74, 6) is -0.481. The Balaban J connectivity index is 1.78. The molecule has 0 saturated carbocycles. The fourth-order valence-corrected chi connectivity index (χ4v) is 3.24. The Labute approximate surface area is 142 Å². The maximum atomic E-state index is 12.3. The van der Waals surface area contributed by atoms with Crippen LogP contribution in [-0.4, -0.2) is 57.6 Å². The van der Waals surface area contributed by atoms with Gasteiger partial charge in [-0.1, -0.05) is 18.2 Å². The minimum absolute atomic E-state index is 0.0189. The fraction of sp³-hybridized carbons (Fsp3) is 0.500. The molecule has 24 heavy (non-hydrogen) atoms. The number of carbonyl (C=O) groups is 2. The molecule has 2 rings (SSSR count). The zero-order valence-electron chi connectivity index (χ0n) is 13.7. The number of piperidine rings is 1. The Morgan fingerprint density at radius 1 is 1.17 bits per heavy atom. The van der Waals surface area contributed by atoms with Gasteiger partial charge >= 0.3 is 0 Å². The van der Waals surface area contributed by atoms with Crippen LogP contribution in [0.2, 0.25) is 0 Å². The molecule has 1 heterocycles. The summed E-state index contributed by atoms with van der Waals surface area (Å²) in [6.45, 7) is 1.15. The Kier molecular flexibility index (Phi) is 6.33. The van der Waals surface area contributed by atoms with E-state index in [2.05, 4.69) is 10.0 Å². The number of amides is 2. The lowest BCUT2D eigenvalue weighted by Crippen LogP contribution is -2.44. The van der Waals surface area contributed by atoms with Gasteiger partial charge in [0.15, 0.2) is 0 Å². The molecule has 2 amide bonds. The molecule has 0 bridgehead atoms. The van der Waals surface area contributed by atoms with Gasteiger partial charge in [-0.2, -0.15) is 0 Å². The van der Waals surface area contributed by atoms with Crippen LogP contribution in [0, 0.1) is 5.92 Å². The van der Waals surface area contributed by atoms with Crippen molar-refractivity contribution < 1.29 is 18.0 Å². The SMILES string of the molecule is CNS(=O)(=O)CCNC(=O)C1CCN(C(=O)c2ccccc2)CC1. The summed E-state index contributed by atoms with van der Waals surface area (Å²) < 4.78 is 24.8. The predicted octanol–water partition coefficient (Wildman–Crippen LogP) is 0.204. The number of hydrogen-bond donors (Lipinski definition) is 2. The molecule has 7 nitrogen and oxygen atoms in total. The van der Waals surface area contributed by atoms with Gasteiger partial charge in [-0.25, -0.2) is 13.1 Å². The maximum Gasteiger partial charge on any atom is 0.253 e. The molecule has 132 valence electrons. The number of carbonyl (C=O) groups excluding carboxylic acids is 2. The monoisotopic (exact) mass is 353 g/mol. The molecule has 1 aliphatic heterocycles. The van der Waals surface area contributed by atoms with Gasteiger partial charge in [0.25, 0.3) is 5.91 Å². The molecule has 0 spiro atoms. The van der Waals surface area contributed by atoms with Gasteiger partial charge < -0.3 is 10.2 Å². The van der Waals surface area contributed by atoms with Crippen LogP contribution in [-0.2, 0) is 14.8 Å². The van der Waals surface area contributed by atoms with Gasteiger partial charge in [0, 0.05) is 31.1 Å². The minimum atomic E-state index is -3.31. The van der Waals surface area contributed by atoms with Crippen molar-refractivity contribution in [2.45, 2.75) is 12.8 Å². The van der Waals surface area contributed by atoms with Crippen LogP contribution in [0.25, 0.3) is 0 Å². The first-order valence-electron chi connectivity index (χ1n) is 7.96. The van der Waals surface area contributed by atoms with E-state index in [9.17, 15) is 18.0 Å². The van der Waals surface area contributed by atoms with Gasteiger partial charge in [0.1, 0.15) is 0 Å². The standard InChI is InChI=1S/C16H23N3O4S/c1-17-24(22,23)12-9-18-15(20)13-7-10-19(11-8-13)16(21)14-5-3-2-4-6-14/h2-6,13,17H,7-12H2,1H3,(H,18,20). The number of sulfonamides is 1. The van der Waals surface area contributed by atoms with E-state index >= 15 is 0 Å². The summed E-state index contributed by atoms with van der Waals surface area (Å²) >= 11 is 0. The van der Waals surface area contributed by atoms with Crippen molar-refractivity contribution in [2.24, 2.45) is 5.92 Å². The first-order valence-corrected chi connectivity index (χ1v) is 9.61. The number of benzene rings is 1. The van der Waals surface area contributed by atoms with E-state index in [0.29, 0.717) is 31.5 Å². The number of nitrogens with one attached hydrogen (secondary N) is 2. The van der Waals surface area contributed by atoms with E-state index < -0.39 is 10.0 Å². The Morgan fingerprint density at radius 3 is 2.38 bits per heavy atom. The first kappa shape index (κ1) is 18.4. The summed E-state index contributed by atoms with van der Waals surface area (Å²) in [6, 6.07) is 9.08. The highest BCUT2D eigenvalue weighted by molar-refractivity contribution is 7.89. The molecule has 8 heteroatoms. The molecule has 0 aromatic heterocycles. The van der Waals surface area contributed by atoms with Gasteiger partial charge in [0.2, 0.25) is 15.9 Å².